The first kappa shape index (κ1) is 20.6. The molecular formula is C22H22N2O4S. The van der Waals surface area contributed by atoms with Gasteiger partial charge in [-0.2, -0.15) is 4.31 Å². The Kier molecular flexibility index (Phi) is 6.64. The fourth-order valence-corrected chi connectivity index (χ4v) is 3.78. The van der Waals surface area contributed by atoms with E-state index in [9.17, 15) is 13.2 Å². The van der Waals surface area contributed by atoms with Crippen LogP contribution < -0.4 is 10.1 Å². The van der Waals surface area contributed by atoms with Gasteiger partial charge in [0.1, 0.15) is 12.4 Å². The summed E-state index contributed by atoms with van der Waals surface area (Å²) in [6, 6.07) is 24.8. The number of anilines is 1. The maximum atomic E-state index is 12.5. The number of likely N-dealkylation sites (N-methyl/N-ethyl adjacent to an activating group) is 1. The molecule has 1 N–H and O–H groups in total. The molecule has 0 atom stereocenters. The number of hydrogen-bond donors (Lipinski definition) is 1. The van der Waals surface area contributed by atoms with Crippen LogP contribution in [0.3, 0.4) is 0 Å². The van der Waals surface area contributed by atoms with Crippen molar-refractivity contribution < 1.29 is 17.9 Å². The van der Waals surface area contributed by atoms with Gasteiger partial charge in [0.2, 0.25) is 15.9 Å². The Morgan fingerprint density at radius 3 is 2.10 bits per heavy atom. The zero-order valence-electron chi connectivity index (χ0n) is 16.0. The number of nitrogens with one attached hydrogen (secondary N) is 1. The van der Waals surface area contributed by atoms with Crippen LogP contribution in [0.1, 0.15) is 5.56 Å². The number of rotatable bonds is 8. The van der Waals surface area contributed by atoms with Gasteiger partial charge in [-0.05, 0) is 42.0 Å². The van der Waals surface area contributed by atoms with Crippen LogP contribution >= 0.6 is 0 Å². The van der Waals surface area contributed by atoms with E-state index in [0.717, 1.165) is 9.87 Å². The highest BCUT2D eigenvalue weighted by Crippen LogP contribution is 2.18. The molecular weight excluding hydrogens is 388 g/mol. The Morgan fingerprint density at radius 1 is 0.897 bits per heavy atom. The van der Waals surface area contributed by atoms with Gasteiger partial charge in [0.15, 0.2) is 0 Å². The number of benzene rings is 3. The lowest BCUT2D eigenvalue weighted by Crippen LogP contribution is -2.34. The summed E-state index contributed by atoms with van der Waals surface area (Å²) in [4.78, 5) is 12.4. The minimum absolute atomic E-state index is 0.148. The third kappa shape index (κ3) is 5.66. The van der Waals surface area contributed by atoms with E-state index >= 15 is 0 Å². The van der Waals surface area contributed by atoms with Crippen LogP contribution in [0.2, 0.25) is 0 Å². The Labute approximate surface area is 170 Å². The van der Waals surface area contributed by atoms with Crippen LogP contribution in [-0.4, -0.2) is 32.2 Å². The van der Waals surface area contributed by atoms with Gasteiger partial charge in [-0.25, -0.2) is 8.42 Å². The van der Waals surface area contributed by atoms with Crippen molar-refractivity contribution in [3.05, 3.63) is 90.5 Å². The van der Waals surface area contributed by atoms with Crippen molar-refractivity contribution in [2.45, 2.75) is 11.5 Å². The molecule has 1 amide bonds. The summed E-state index contributed by atoms with van der Waals surface area (Å²) in [7, 11) is -2.34. The SMILES string of the molecule is CN(CC(=O)Nc1ccc(OCc2ccccc2)cc1)S(=O)(=O)c1ccccc1. The molecule has 0 spiro atoms. The van der Waals surface area contributed by atoms with Crippen molar-refractivity contribution in [1.29, 1.82) is 0 Å². The summed E-state index contributed by atoms with van der Waals surface area (Å²) < 4.78 is 31.7. The van der Waals surface area contributed by atoms with E-state index in [1.54, 1.807) is 42.5 Å². The Morgan fingerprint density at radius 2 is 1.48 bits per heavy atom. The highest BCUT2D eigenvalue weighted by molar-refractivity contribution is 7.89. The van der Waals surface area contributed by atoms with E-state index in [0.29, 0.717) is 18.0 Å². The summed E-state index contributed by atoms with van der Waals surface area (Å²) in [5.41, 5.74) is 1.63. The summed E-state index contributed by atoms with van der Waals surface area (Å²) in [6.07, 6.45) is 0. The lowest BCUT2D eigenvalue weighted by molar-refractivity contribution is -0.116. The standard InChI is InChI=1S/C22H22N2O4S/c1-24(29(26,27)21-10-6-3-7-11-21)16-22(25)23-19-12-14-20(15-13-19)28-17-18-8-4-2-5-9-18/h2-15H,16-17H2,1H3,(H,23,25). The first-order valence-corrected chi connectivity index (χ1v) is 10.5. The second-order valence-corrected chi connectivity index (χ2v) is 8.47. The molecule has 29 heavy (non-hydrogen) atoms. The van der Waals surface area contributed by atoms with E-state index in [-0.39, 0.29) is 11.4 Å². The summed E-state index contributed by atoms with van der Waals surface area (Å²) >= 11 is 0. The average Bonchev–Trinajstić information content (AvgIpc) is 2.74. The van der Waals surface area contributed by atoms with Crippen LogP contribution in [0.25, 0.3) is 0 Å². The number of nitrogens with zero attached hydrogens (tertiary/aromatic N) is 1. The molecule has 6 nitrogen and oxygen atoms in total. The molecule has 0 fully saturated rings. The number of carbonyl (C=O) groups excluding carboxylic acids is 1. The fraction of sp³-hybridized carbons (Fsp3) is 0.136. The molecule has 0 unspecified atom stereocenters. The van der Waals surface area contributed by atoms with Gasteiger partial charge in [0.05, 0.1) is 11.4 Å². The molecule has 150 valence electrons. The number of hydrogen-bond acceptors (Lipinski definition) is 4. The topological polar surface area (TPSA) is 75.7 Å². The first-order valence-electron chi connectivity index (χ1n) is 9.03. The van der Waals surface area contributed by atoms with Crippen molar-refractivity contribution >= 4 is 21.6 Å². The Bertz CT molecular complexity index is 1040. The van der Waals surface area contributed by atoms with Crippen molar-refractivity contribution in [2.75, 3.05) is 18.9 Å². The summed E-state index contributed by atoms with van der Waals surface area (Å²) in [5.74, 6) is 0.251. The molecule has 0 heterocycles. The predicted molar refractivity (Wildman–Crippen MR) is 112 cm³/mol. The minimum atomic E-state index is -3.71. The monoisotopic (exact) mass is 410 g/mol. The predicted octanol–water partition coefficient (Wildman–Crippen LogP) is 3.52. The zero-order valence-corrected chi connectivity index (χ0v) is 16.8. The molecule has 0 radical (unpaired) electrons. The van der Waals surface area contributed by atoms with E-state index < -0.39 is 15.9 Å². The zero-order chi connectivity index (χ0) is 20.7. The molecule has 3 rings (SSSR count). The Balaban J connectivity index is 1.54. The highest BCUT2D eigenvalue weighted by Gasteiger charge is 2.22. The number of ether oxygens (including phenoxy) is 1. The lowest BCUT2D eigenvalue weighted by Gasteiger charge is -2.17. The van der Waals surface area contributed by atoms with Crippen LogP contribution in [0.5, 0.6) is 5.75 Å². The number of sulfonamides is 1. The largest absolute Gasteiger partial charge is 0.489 e. The summed E-state index contributed by atoms with van der Waals surface area (Å²) in [6.45, 7) is 0.165. The van der Waals surface area contributed by atoms with Crippen molar-refractivity contribution in [3.63, 3.8) is 0 Å². The smallest absolute Gasteiger partial charge is 0.243 e. The van der Waals surface area contributed by atoms with Crippen LogP contribution in [-0.2, 0) is 21.4 Å². The molecule has 0 aromatic heterocycles. The van der Waals surface area contributed by atoms with Crippen LogP contribution in [0.4, 0.5) is 5.69 Å². The van der Waals surface area contributed by atoms with Gasteiger partial charge < -0.3 is 10.1 Å². The molecule has 7 heteroatoms. The second kappa shape index (κ2) is 9.36. The van der Waals surface area contributed by atoms with Gasteiger partial charge in [-0.3, -0.25) is 4.79 Å². The van der Waals surface area contributed by atoms with E-state index in [1.807, 2.05) is 30.3 Å². The Hall–Kier alpha value is -3.16. The third-order valence-electron chi connectivity index (χ3n) is 4.20. The maximum Gasteiger partial charge on any atom is 0.243 e. The molecule has 0 saturated heterocycles. The van der Waals surface area contributed by atoms with Crippen LogP contribution in [0.15, 0.2) is 89.8 Å². The van der Waals surface area contributed by atoms with E-state index in [1.165, 1.54) is 19.2 Å². The minimum Gasteiger partial charge on any atom is -0.489 e. The van der Waals surface area contributed by atoms with Crippen molar-refractivity contribution in [2.24, 2.45) is 0 Å². The lowest BCUT2D eigenvalue weighted by atomic mass is 10.2. The van der Waals surface area contributed by atoms with Gasteiger partial charge in [-0.1, -0.05) is 48.5 Å². The molecule has 0 aliphatic carbocycles. The summed E-state index contributed by atoms with van der Waals surface area (Å²) in [5, 5.41) is 2.70. The van der Waals surface area contributed by atoms with Gasteiger partial charge >= 0.3 is 0 Å². The van der Waals surface area contributed by atoms with Crippen molar-refractivity contribution in [3.8, 4) is 5.75 Å². The number of amides is 1. The fourth-order valence-electron chi connectivity index (χ4n) is 2.64. The average molecular weight is 410 g/mol. The molecule has 0 aliphatic rings. The van der Waals surface area contributed by atoms with E-state index in [4.69, 9.17) is 4.74 Å². The van der Waals surface area contributed by atoms with Crippen LogP contribution in [0, 0.1) is 0 Å². The number of carbonyl (C=O) groups is 1. The van der Waals surface area contributed by atoms with Crippen molar-refractivity contribution in [1.82, 2.24) is 4.31 Å². The maximum absolute atomic E-state index is 12.5. The molecule has 0 saturated carbocycles. The quantitative estimate of drug-likeness (QED) is 0.616. The van der Waals surface area contributed by atoms with E-state index in [2.05, 4.69) is 5.32 Å². The molecule has 3 aromatic rings. The third-order valence-corrected chi connectivity index (χ3v) is 6.02. The van der Waals surface area contributed by atoms with Gasteiger partial charge in [-0.15, -0.1) is 0 Å². The normalized spacial score (nSPS) is 11.2. The second-order valence-electron chi connectivity index (χ2n) is 6.42. The van der Waals surface area contributed by atoms with Gasteiger partial charge in [0, 0.05) is 12.7 Å². The molecule has 0 aliphatic heterocycles. The highest BCUT2D eigenvalue weighted by atomic mass is 32.2. The molecule has 3 aromatic carbocycles. The van der Waals surface area contributed by atoms with Gasteiger partial charge in [0.25, 0.3) is 0 Å². The molecule has 0 bridgehead atoms. The first-order chi connectivity index (χ1) is 13.9.